The number of carbonyl (C=O) groups excluding carboxylic acids is 1. The number of amides is 1. The molecule has 1 fully saturated rings. The lowest BCUT2D eigenvalue weighted by Crippen LogP contribution is -2.29. The summed E-state index contributed by atoms with van der Waals surface area (Å²) in [7, 11) is 0. The van der Waals surface area contributed by atoms with E-state index in [1.54, 1.807) is 11.3 Å². The van der Waals surface area contributed by atoms with Crippen molar-refractivity contribution < 1.29 is 4.79 Å². The predicted octanol–water partition coefficient (Wildman–Crippen LogP) is 2.14. The van der Waals surface area contributed by atoms with Gasteiger partial charge >= 0.3 is 0 Å². The van der Waals surface area contributed by atoms with E-state index in [4.69, 9.17) is 17.3 Å². The molecule has 1 aromatic heterocycles. The highest BCUT2D eigenvalue weighted by Gasteiger charge is 2.24. The van der Waals surface area contributed by atoms with Crippen LogP contribution in [0, 0.1) is 5.92 Å². The molecule has 2 heterocycles. The van der Waals surface area contributed by atoms with Crippen LogP contribution in [0.15, 0.2) is 11.4 Å². The number of likely N-dealkylation sites (tertiary alicyclic amines) is 1. The van der Waals surface area contributed by atoms with Gasteiger partial charge in [0.25, 0.3) is 0 Å². The summed E-state index contributed by atoms with van der Waals surface area (Å²) in [6, 6.07) is 1.94. The Kier molecular flexibility index (Phi) is 4.42. The van der Waals surface area contributed by atoms with Gasteiger partial charge < -0.3 is 10.6 Å². The SMILES string of the molecule is NCC1CCN(C(=O)CCc2cc(Cl)cs2)C1. The van der Waals surface area contributed by atoms with Crippen LogP contribution in [0.3, 0.4) is 0 Å². The third kappa shape index (κ3) is 3.44. The van der Waals surface area contributed by atoms with Crippen LogP contribution in [0.4, 0.5) is 0 Å². The first kappa shape index (κ1) is 12.9. The summed E-state index contributed by atoms with van der Waals surface area (Å²) < 4.78 is 0. The summed E-state index contributed by atoms with van der Waals surface area (Å²) in [5, 5.41) is 2.67. The number of hydrogen-bond donors (Lipinski definition) is 1. The van der Waals surface area contributed by atoms with E-state index in [1.165, 1.54) is 4.88 Å². The molecule has 94 valence electrons. The first-order valence-corrected chi connectivity index (χ1v) is 7.15. The number of halogens is 1. The van der Waals surface area contributed by atoms with Crippen molar-refractivity contribution in [1.82, 2.24) is 4.90 Å². The fourth-order valence-corrected chi connectivity index (χ4v) is 3.20. The van der Waals surface area contributed by atoms with Gasteiger partial charge in [0, 0.05) is 29.8 Å². The van der Waals surface area contributed by atoms with Crippen LogP contribution >= 0.6 is 22.9 Å². The standard InChI is InChI=1S/C12H17ClN2OS/c13-10-5-11(17-8-10)1-2-12(16)15-4-3-9(6-14)7-15/h5,8-9H,1-4,6-7,14H2. The van der Waals surface area contributed by atoms with Gasteiger partial charge in [0.05, 0.1) is 5.02 Å². The highest BCUT2D eigenvalue weighted by atomic mass is 35.5. The molecule has 2 rings (SSSR count). The van der Waals surface area contributed by atoms with Crippen LogP contribution in [-0.4, -0.2) is 30.4 Å². The molecule has 2 N–H and O–H groups in total. The van der Waals surface area contributed by atoms with Gasteiger partial charge in [-0.15, -0.1) is 11.3 Å². The maximum absolute atomic E-state index is 11.9. The molecule has 0 aliphatic carbocycles. The summed E-state index contributed by atoms with van der Waals surface area (Å²) >= 11 is 7.46. The largest absolute Gasteiger partial charge is 0.342 e. The Labute approximate surface area is 111 Å². The third-order valence-electron chi connectivity index (χ3n) is 3.18. The van der Waals surface area contributed by atoms with Gasteiger partial charge in [-0.05, 0) is 31.4 Å². The molecule has 17 heavy (non-hydrogen) atoms. The van der Waals surface area contributed by atoms with E-state index in [0.29, 0.717) is 18.9 Å². The molecule has 1 aliphatic rings. The molecule has 5 heteroatoms. The zero-order valence-electron chi connectivity index (χ0n) is 9.69. The highest BCUT2D eigenvalue weighted by molar-refractivity contribution is 7.10. The molecule has 0 radical (unpaired) electrons. The first-order chi connectivity index (χ1) is 8.19. The lowest BCUT2D eigenvalue weighted by molar-refractivity contribution is -0.130. The van der Waals surface area contributed by atoms with Crippen molar-refractivity contribution in [1.29, 1.82) is 0 Å². The van der Waals surface area contributed by atoms with E-state index in [2.05, 4.69) is 0 Å². The quantitative estimate of drug-likeness (QED) is 0.913. The summed E-state index contributed by atoms with van der Waals surface area (Å²) in [6.07, 6.45) is 2.42. The van der Waals surface area contributed by atoms with Crippen LogP contribution in [0.2, 0.25) is 5.02 Å². The Bertz CT molecular complexity index is 394. The predicted molar refractivity (Wildman–Crippen MR) is 71.4 cm³/mol. The van der Waals surface area contributed by atoms with Crippen molar-refractivity contribution in [2.45, 2.75) is 19.3 Å². The topological polar surface area (TPSA) is 46.3 Å². The molecule has 0 bridgehead atoms. The Morgan fingerprint density at radius 1 is 1.65 bits per heavy atom. The summed E-state index contributed by atoms with van der Waals surface area (Å²) in [4.78, 5) is 15.1. The monoisotopic (exact) mass is 272 g/mol. The van der Waals surface area contributed by atoms with Crippen molar-refractivity contribution in [2.75, 3.05) is 19.6 Å². The minimum Gasteiger partial charge on any atom is -0.342 e. The minimum absolute atomic E-state index is 0.241. The average molecular weight is 273 g/mol. The number of aryl methyl sites for hydroxylation is 1. The Morgan fingerprint density at radius 3 is 3.06 bits per heavy atom. The van der Waals surface area contributed by atoms with E-state index < -0.39 is 0 Å². The van der Waals surface area contributed by atoms with Crippen LogP contribution in [0.25, 0.3) is 0 Å². The molecule has 0 saturated carbocycles. The number of nitrogens with two attached hydrogens (primary N) is 1. The highest BCUT2D eigenvalue weighted by Crippen LogP contribution is 2.21. The fraction of sp³-hybridized carbons (Fsp3) is 0.583. The van der Waals surface area contributed by atoms with Crippen molar-refractivity contribution in [3.05, 3.63) is 21.3 Å². The van der Waals surface area contributed by atoms with Crippen molar-refractivity contribution in [3.8, 4) is 0 Å². The second-order valence-electron chi connectivity index (χ2n) is 4.46. The van der Waals surface area contributed by atoms with E-state index in [0.717, 1.165) is 31.0 Å². The van der Waals surface area contributed by atoms with Gasteiger partial charge in [-0.25, -0.2) is 0 Å². The molecule has 1 aromatic rings. The van der Waals surface area contributed by atoms with E-state index in [9.17, 15) is 4.79 Å². The third-order valence-corrected chi connectivity index (χ3v) is 4.52. The maximum atomic E-state index is 11.9. The van der Waals surface area contributed by atoms with Gasteiger partial charge in [0.2, 0.25) is 5.91 Å². The summed E-state index contributed by atoms with van der Waals surface area (Å²) in [6.45, 7) is 2.39. The second-order valence-corrected chi connectivity index (χ2v) is 5.89. The van der Waals surface area contributed by atoms with E-state index in [-0.39, 0.29) is 5.91 Å². The number of rotatable bonds is 4. The maximum Gasteiger partial charge on any atom is 0.222 e. The molecular weight excluding hydrogens is 256 g/mol. The molecule has 1 atom stereocenters. The van der Waals surface area contributed by atoms with Gasteiger partial charge in [-0.3, -0.25) is 4.79 Å². The average Bonchev–Trinajstić information content (AvgIpc) is 2.94. The molecule has 1 amide bonds. The first-order valence-electron chi connectivity index (χ1n) is 5.90. The number of nitrogens with zero attached hydrogens (tertiary/aromatic N) is 1. The van der Waals surface area contributed by atoms with Gasteiger partial charge in [-0.2, -0.15) is 0 Å². The Balaban J connectivity index is 1.78. The van der Waals surface area contributed by atoms with Gasteiger partial charge in [-0.1, -0.05) is 11.6 Å². The molecule has 3 nitrogen and oxygen atoms in total. The molecule has 1 saturated heterocycles. The van der Waals surface area contributed by atoms with Gasteiger partial charge in [0.15, 0.2) is 0 Å². The van der Waals surface area contributed by atoms with E-state index >= 15 is 0 Å². The van der Waals surface area contributed by atoms with Crippen LogP contribution < -0.4 is 5.73 Å². The summed E-state index contributed by atoms with van der Waals surface area (Å²) in [5.74, 6) is 0.737. The summed E-state index contributed by atoms with van der Waals surface area (Å²) in [5.41, 5.74) is 5.61. The van der Waals surface area contributed by atoms with Crippen LogP contribution in [0.1, 0.15) is 17.7 Å². The van der Waals surface area contributed by atoms with Gasteiger partial charge in [0.1, 0.15) is 0 Å². The van der Waals surface area contributed by atoms with Crippen molar-refractivity contribution in [2.24, 2.45) is 11.7 Å². The van der Waals surface area contributed by atoms with Crippen LogP contribution in [0.5, 0.6) is 0 Å². The minimum atomic E-state index is 0.241. The lowest BCUT2D eigenvalue weighted by Gasteiger charge is -2.15. The van der Waals surface area contributed by atoms with Crippen LogP contribution in [-0.2, 0) is 11.2 Å². The Hall–Kier alpha value is -0.580. The Morgan fingerprint density at radius 2 is 2.47 bits per heavy atom. The fourth-order valence-electron chi connectivity index (χ4n) is 2.12. The number of carbonyl (C=O) groups is 1. The smallest absolute Gasteiger partial charge is 0.222 e. The number of hydrogen-bond acceptors (Lipinski definition) is 3. The zero-order valence-corrected chi connectivity index (χ0v) is 11.3. The molecular formula is C12H17ClN2OS. The zero-order chi connectivity index (χ0) is 12.3. The second kappa shape index (κ2) is 5.85. The normalized spacial score (nSPS) is 19.9. The number of thiophene rings is 1. The molecule has 1 unspecified atom stereocenters. The van der Waals surface area contributed by atoms with Crippen molar-refractivity contribution >= 4 is 28.8 Å². The molecule has 0 spiro atoms. The molecule has 0 aromatic carbocycles. The lowest BCUT2D eigenvalue weighted by atomic mass is 10.1. The molecule has 1 aliphatic heterocycles. The van der Waals surface area contributed by atoms with E-state index in [1.807, 2.05) is 16.3 Å². The van der Waals surface area contributed by atoms with Crippen molar-refractivity contribution in [3.63, 3.8) is 0 Å².